The highest BCUT2D eigenvalue weighted by atomic mass is 16.6. The minimum Gasteiger partial charge on any atom is -0.443 e. The van der Waals surface area contributed by atoms with E-state index in [-0.39, 0.29) is 12.7 Å². The van der Waals surface area contributed by atoms with Gasteiger partial charge in [0, 0.05) is 36.3 Å². The Kier molecular flexibility index (Phi) is 4.72. The predicted octanol–water partition coefficient (Wildman–Crippen LogP) is 3.32. The van der Waals surface area contributed by atoms with E-state index in [0.29, 0.717) is 12.4 Å². The molecule has 2 aromatic heterocycles. The smallest absolute Gasteiger partial charge is 0.416 e. The number of pyridine rings is 2. The second-order valence-electron chi connectivity index (χ2n) is 7.18. The van der Waals surface area contributed by atoms with Crippen molar-refractivity contribution in [3.8, 4) is 11.1 Å². The Morgan fingerprint density at radius 3 is 2.72 bits per heavy atom. The third-order valence-electron chi connectivity index (χ3n) is 3.95. The maximum Gasteiger partial charge on any atom is 0.416 e. The number of aliphatic hydroxyl groups is 1. The second kappa shape index (κ2) is 6.80. The molecule has 3 rings (SSSR count). The van der Waals surface area contributed by atoms with E-state index in [9.17, 15) is 9.90 Å². The van der Waals surface area contributed by atoms with Crippen LogP contribution in [-0.2, 0) is 17.8 Å². The van der Waals surface area contributed by atoms with Crippen LogP contribution in [0.2, 0.25) is 0 Å². The van der Waals surface area contributed by atoms with Crippen LogP contribution in [0.4, 0.5) is 10.6 Å². The molecular weight excluding hydrogens is 318 g/mol. The van der Waals surface area contributed by atoms with Crippen LogP contribution in [0, 0.1) is 0 Å². The fourth-order valence-electron chi connectivity index (χ4n) is 2.85. The Bertz CT molecular complexity index is 784. The summed E-state index contributed by atoms with van der Waals surface area (Å²) in [5.74, 6) is 0.663. The lowest BCUT2D eigenvalue weighted by atomic mass is 10.0. The normalized spacial score (nSPS) is 14.2. The first kappa shape index (κ1) is 17.4. The van der Waals surface area contributed by atoms with Crippen molar-refractivity contribution < 1.29 is 14.6 Å². The van der Waals surface area contributed by atoms with Gasteiger partial charge in [0.2, 0.25) is 0 Å². The van der Waals surface area contributed by atoms with Crippen molar-refractivity contribution in [1.82, 2.24) is 9.97 Å². The van der Waals surface area contributed by atoms with Gasteiger partial charge in [-0.15, -0.1) is 0 Å². The minimum atomic E-state index is -0.537. The Morgan fingerprint density at radius 2 is 2.00 bits per heavy atom. The van der Waals surface area contributed by atoms with Crippen LogP contribution in [-0.4, -0.2) is 33.3 Å². The van der Waals surface area contributed by atoms with Crippen molar-refractivity contribution in [2.24, 2.45) is 0 Å². The molecule has 0 aliphatic carbocycles. The Hall–Kier alpha value is -2.47. The monoisotopic (exact) mass is 341 g/mol. The van der Waals surface area contributed by atoms with Gasteiger partial charge in [0.25, 0.3) is 0 Å². The van der Waals surface area contributed by atoms with Gasteiger partial charge in [-0.3, -0.25) is 9.88 Å². The highest BCUT2D eigenvalue weighted by molar-refractivity contribution is 5.88. The van der Waals surface area contributed by atoms with Gasteiger partial charge in [-0.2, -0.15) is 0 Å². The molecule has 1 aliphatic rings. The number of fused-ring (bicyclic) bond motifs is 1. The summed E-state index contributed by atoms with van der Waals surface area (Å²) in [5, 5.41) is 9.28. The summed E-state index contributed by atoms with van der Waals surface area (Å²) in [5.41, 5.74) is 3.06. The van der Waals surface area contributed by atoms with Gasteiger partial charge in [0.05, 0.1) is 6.61 Å². The summed E-state index contributed by atoms with van der Waals surface area (Å²) >= 11 is 0. The molecule has 3 heterocycles. The van der Waals surface area contributed by atoms with E-state index >= 15 is 0 Å². The average Bonchev–Trinajstić information content (AvgIpc) is 2.59. The topological polar surface area (TPSA) is 75.5 Å². The molecule has 0 saturated heterocycles. The third-order valence-corrected chi connectivity index (χ3v) is 3.95. The second-order valence-corrected chi connectivity index (χ2v) is 7.18. The molecule has 0 radical (unpaired) electrons. The number of amides is 1. The van der Waals surface area contributed by atoms with Crippen LogP contribution < -0.4 is 4.90 Å². The number of nitrogens with zero attached hydrogens (tertiary/aromatic N) is 3. The number of hydrogen-bond acceptors (Lipinski definition) is 5. The van der Waals surface area contributed by atoms with E-state index < -0.39 is 5.60 Å². The fraction of sp³-hybridized carbons (Fsp3) is 0.421. The number of aromatic nitrogens is 2. The summed E-state index contributed by atoms with van der Waals surface area (Å²) in [7, 11) is 0. The van der Waals surface area contributed by atoms with Crippen molar-refractivity contribution in [3.63, 3.8) is 0 Å². The van der Waals surface area contributed by atoms with Crippen LogP contribution in [0.25, 0.3) is 11.1 Å². The molecule has 1 N–H and O–H groups in total. The summed E-state index contributed by atoms with van der Waals surface area (Å²) in [6, 6.07) is 3.93. The zero-order chi connectivity index (χ0) is 18.0. The Balaban J connectivity index is 1.91. The molecule has 0 aromatic carbocycles. The van der Waals surface area contributed by atoms with Crippen molar-refractivity contribution in [2.75, 3.05) is 11.4 Å². The number of hydrogen-bond donors (Lipinski definition) is 1. The zero-order valence-electron chi connectivity index (χ0n) is 14.8. The maximum atomic E-state index is 12.4. The van der Waals surface area contributed by atoms with Gasteiger partial charge in [-0.1, -0.05) is 0 Å². The fourth-order valence-corrected chi connectivity index (χ4v) is 2.85. The molecule has 0 fully saturated rings. The molecule has 0 spiro atoms. The minimum absolute atomic E-state index is 0.0500. The summed E-state index contributed by atoms with van der Waals surface area (Å²) < 4.78 is 5.49. The number of rotatable bonds is 2. The number of aryl methyl sites for hydroxylation is 1. The molecule has 0 saturated carbocycles. The van der Waals surface area contributed by atoms with E-state index in [2.05, 4.69) is 9.97 Å². The molecule has 2 aromatic rings. The first-order chi connectivity index (χ1) is 11.9. The third kappa shape index (κ3) is 3.96. The SMILES string of the molecule is CC(C)(C)OC(=O)N1CCCc2cc(-c3cncc(CO)c3)cnc21. The van der Waals surface area contributed by atoms with E-state index in [1.54, 1.807) is 23.5 Å². The number of carbonyl (C=O) groups excluding carboxylic acids is 1. The van der Waals surface area contributed by atoms with Crippen molar-refractivity contribution >= 4 is 11.9 Å². The lowest BCUT2D eigenvalue weighted by Gasteiger charge is -2.30. The van der Waals surface area contributed by atoms with Gasteiger partial charge in [0.1, 0.15) is 11.4 Å². The van der Waals surface area contributed by atoms with Crippen molar-refractivity contribution in [3.05, 3.63) is 41.9 Å². The molecule has 132 valence electrons. The molecule has 0 atom stereocenters. The lowest BCUT2D eigenvalue weighted by molar-refractivity contribution is 0.0576. The number of ether oxygens (including phenoxy) is 1. The quantitative estimate of drug-likeness (QED) is 0.907. The van der Waals surface area contributed by atoms with Crippen molar-refractivity contribution in [1.29, 1.82) is 0 Å². The van der Waals surface area contributed by atoms with Gasteiger partial charge >= 0.3 is 6.09 Å². The molecule has 25 heavy (non-hydrogen) atoms. The van der Waals surface area contributed by atoms with E-state index in [1.807, 2.05) is 32.9 Å². The summed E-state index contributed by atoms with van der Waals surface area (Å²) in [6.07, 6.45) is 6.49. The van der Waals surface area contributed by atoms with Gasteiger partial charge in [-0.05, 0) is 56.9 Å². The molecule has 1 amide bonds. The van der Waals surface area contributed by atoms with E-state index in [0.717, 1.165) is 35.1 Å². The first-order valence-electron chi connectivity index (χ1n) is 8.42. The van der Waals surface area contributed by atoms with Gasteiger partial charge in [0.15, 0.2) is 0 Å². The Labute approximate surface area is 147 Å². The van der Waals surface area contributed by atoms with Crippen LogP contribution in [0.1, 0.15) is 38.3 Å². The zero-order valence-corrected chi connectivity index (χ0v) is 14.8. The number of anilines is 1. The standard InChI is InChI=1S/C19H23N3O3/c1-19(2,3)25-18(24)22-6-4-5-14-8-16(11-21-17(14)22)15-7-13(12-23)9-20-10-15/h7-11,23H,4-6,12H2,1-3H3. The largest absolute Gasteiger partial charge is 0.443 e. The maximum absolute atomic E-state index is 12.4. The summed E-state index contributed by atoms with van der Waals surface area (Å²) in [6.45, 7) is 6.12. The Morgan fingerprint density at radius 1 is 1.24 bits per heavy atom. The predicted molar refractivity (Wildman–Crippen MR) is 95.3 cm³/mol. The first-order valence-corrected chi connectivity index (χ1v) is 8.42. The molecule has 0 unspecified atom stereocenters. The van der Waals surface area contributed by atoms with Gasteiger partial charge in [-0.25, -0.2) is 9.78 Å². The molecule has 0 bridgehead atoms. The van der Waals surface area contributed by atoms with Crippen LogP contribution in [0.5, 0.6) is 0 Å². The van der Waals surface area contributed by atoms with E-state index in [1.165, 1.54) is 0 Å². The van der Waals surface area contributed by atoms with E-state index in [4.69, 9.17) is 4.74 Å². The average molecular weight is 341 g/mol. The van der Waals surface area contributed by atoms with Crippen LogP contribution in [0.3, 0.4) is 0 Å². The van der Waals surface area contributed by atoms with Gasteiger partial charge < -0.3 is 9.84 Å². The molecule has 1 aliphatic heterocycles. The highest BCUT2D eigenvalue weighted by Crippen LogP contribution is 2.30. The molecule has 6 heteroatoms. The van der Waals surface area contributed by atoms with Crippen LogP contribution >= 0.6 is 0 Å². The molecular formula is C19H23N3O3. The molecule has 6 nitrogen and oxygen atoms in total. The highest BCUT2D eigenvalue weighted by Gasteiger charge is 2.28. The van der Waals surface area contributed by atoms with Crippen LogP contribution in [0.15, 0.2) is 30.7 Å². The number of carbonyl (C=O) groups is 1. The number of aliphatic hydroxyl groups excluding tert-OH is 1. The lowest BCUT2D eigenvalue weighted by Crippen LogP contribution is -2.40. The summed E-state index contributed by atoms with van der Waals surface area (Å²) in [4.78, 5) is 22.7. The van der Waals surface area contributed by atoms with Crippen molar-refractivity contribution in [2.45, 2.75) is 45.8 Å².